The highest BCUT2D eigenvalue weighted by molar-refractivity contribution is 7.89. The van der Waals surface area contributed by atoms with Gasteiger partial charge < -0.3 is 15.0 Å². The van der Waals surface area contributed by atoms with E-state index >= 15 is 0 Å². The molecule has 9 heteroatoms. The number of ether oxygens (including phenoxy) is 1. The van der Waals surface area contributed by atoms with E-state index in [1.807, 2.05) is 0 Å². The molecule has 2 fully saturated rings. The van der Waals surface area contributed by atoms with Crippen molar-refractivity contribution in [1.29, 1.82) is 0 Å². The summed E-state index contributed by atoms with van der Waals surface area (Å²) < 4.78 is 32.4. The first-order chi connectivity index (χ1) is 14.8. The van der Waals surface area contributed by atoms with Gasteiger partial charge in [0.1, 0.15) is 5.75 Å². The Morgan fingerprint density at radius 1 is 1.10 bits per heavy atom. The summed E-state index contributed by atoms with van der Waals surface area (Å²) >= 11 is 0. The number of carbonyl (C=O) groups excluding carboxylic acids is 2. The number of hydrogen-bond donors (Lipinski definition) is 1. The monoisotopic (exact) mass is 451 g/mol. The Morgan fingerprint density at radius 2 is 1.77 bits per heavy atom. The topological polar surface area (TPSA) is 96.0 Å². The second kappa shape index (κ2) is 10.5. The molecule has 1 saturated heterocycles. The molecular formula is C22H33N3O5S. The fraction of sp³-hybridized carbons (Fsp3) is 0.636. The number of piperidine rings is 1. The normalized spacial score (nSPS) is 20.8. The van der Waals surface area contributed by atoms with Crippen LogP contribution < -0.4 is 10.1 Å². The highest BCUT2D eigenvalue weighted by atomic mass is 32.2. The number of carbonyl (C=O) groups is 2. The first kappa shape index (κ1) is 23.5. The maximum atomic E-state index is 13.0. The molecule has 1 aliphatic carbocycles. The summed E-state index contributed by atoms with van der Waals surface area (Å²) in [5.41, 5.74) is 0. The lowest BCUT2D eigenvalue weighted by atomic mass is 9.94. The number of benzene rings is 1. The Hall–Kier alpha value is -2.13. The third-order valence-electron chi connectivity index (χ3n) is 6.38. The molecule has 0 bridgehead atoms. The number of amides is 2. The third kappa shape index (κ3) is 5.77. The fourth-order valence-corrected chi connectivity index (χ4v) is 5.90. The lowest BCUT2D eigenvalue weighted by molar-refractivity contribution is -0.135. The van der Waals surface area contributed by atoms with Crippen molar-refractivity contribution >= 4 is 21.8 Å². The smallest absolute Gasteiger partial charge is 0.243 e. The van der Waals surface area contributed by atoms with Gasteiger partial charge in [-0.2, -0.15) is 4.31 Å². The standard InChI is InChI=1S/C22H33N3O5S/c1-24(18-8-4-3-5-9-18)21(26)15-23-22(27)17-7-6-14-25(16-17)31(28,29)20-12-10-19(30-2)11-13-20/h10-13,17-18H,3-9,14-16H2,1-2H3,(H,23,27)/t17-/m0/s1. The van der Waals surface area contributed by atoms with Crippen molar-refractivity contribution in [2.24, 2.45) is 5.92 Å². The Balaban J connectivity index is 1.55. The molecule has 2 amide bonds. The van der Waals surface area contributed by atoms with Crippen molar-refractivity contribution in [2.75, 3.05) is 33.8 Å². The zero-order valence-corrected chi connectivity index (χ0v) is 19.2. The molecule has 0 unspecified atom stereocenters. The molecule has 8 nitrogen and oxygen atoms in total. The molecule has 0 radical (unpaired) electrons. The van der Waals surface area contributed by atoms with E-state index in [0.29, 0.717) is 25.1 Å². The molecule has 172 valence electrons. The van der Waals surface area contributed by atoms with Crippen LogP contribution in [0.4, 0.5) is 0 Å². The maximum Gasteiger partial charge on any atom is 0.243 e. The Morgan fingerprint density at radius 3 is 2.42 bits per heavy atom. The predicted octanol–water partition coefficient (Wildman–Crippen LogP) is 2.00. The van der Waals surface area contributed by atoms with Gasteiger partial charge in [-0.25, -0.2) is 8.42 Å². The number of sulfonamides is 1. The molecule has 1 saturated carbocycles. The van der Waals surface area contributed by atoms with Gasteiger partial charge in [0.15, 0.2) is 0 Å². The highest BCUT2D eigenvalue weighted by Gasteiger charge is 2.33. The summed E-state index contributed by atoms with van der Waals surface area (Å²) in [4.78, 5) is 27.1. The van der Waals surface area contributed by atoms with Gasteiger partial charge in [-0.05, 0) is 49.9 Å². The first-order valence-electron chi connectivity index (χ1n) is 11.0. The summed E-state index contributed by atoms with van der Waals surface area (Å²) in [5, 5.41) is 2.73. The number of methoxy groups -OCH3 is 1. The molecule has 1 atom stereocenters. The highest BCUT2D eigenvalue weighted by Crippen LogP contribution is 2.25. The quantitative estimate of drug-likeness (QED) is 0.684. The van der Waals surface area contributed by atoms with Crippen LogP contribution in [0.5, 0.6) is 5.75 Å². The van der Waals surface area contributed by atoms with Crippen molar-refractivity contribution in [3.63, 3.8) is 0 Å². The fourth-order valence-electron chi connectivity index (χ4n) is 4.38. The third-order valence-corrected chi connectivity index (χ3v) is 8.26. The number of nitrogens with zero attached hydrogens (tertiary/aromatic N) is 2. The zero-order valence-electron chi connectivity index (χ0n) is 18.4. The zero-order chi connectivity index (χ0) is 22.4. The van der Waals surface area contributed by atoms with Gasteiger partial charge in [-0.15, -0.1) is 0 Å². The van der Waals surface area contributed by atoms with Gasteiger partial charge in [0.25, 0.3) is 0 Å². The molecule has 0 spiro atoms. The number of rotatable bonds is 7. The maximum absolute atomic E-state index is 13.0. The largest absolute Gasteiger partial charge is 0.497 e. The van der Waals surface area contributed by atoms with Crippen LogP contribution in [-0.4, -0.2) is 69.3 Å². The van der Waals surface area contributed by atoms with Crippen molar-refractivity contribution in [3.05, 3.63) is 24.3 Å². The first-order valence-corrected chi connectivity index (χ1v) is 12.4. The minimum absolute atomic E-state index is 0.0481. The van der Waals surface area contributed by atoms with Crippen LogP contribution in [0.25, 0.3) is 0 Å². The summed E-state index contributed by atoms with van der Waals surface area (Å²) in [6.07, 6.45) is 6.71. The molecule has 1 N–H and O–H groups in total. The van der Waals surface area contributed by atoms with Crippen molar-refractivity contribution in [3.8, 4) is 5.75 Å². The minimum atomic E-state index is -3.69. The van der Waals surface area contributed by atoms with Crippen LogP contribution >= 0.6 is 0 Å². The molecule has 1 aliphatic heterocycles. The van der Waals surface area contributed by atoms with Crippen LogP contribution in [0.1, 0.15) is 44.9 Å². The summed E-state index contributed by atoms with van der Waals surface area (Å²) in [6.45, 7) is 0.446. The van der Waals surface area contributed by atoms with Gasteiger partial charge in [0.2, 0.25) is 21.8 Å². The second-order valence-electron chi connectivity index (χ2n) is 8.39. The van der Waals surface area contributed by atoms with E-state index in [0.717, 1.165) is 25.7 Å². The van der Waals surface area contributed by atoms with E-state index in [1.165, 1.54) is 30.0 Å². The molecular weight excluding hydrogens is 418 g/mol. The van der Waals surface area contributed by atoms with E-state index in [9.17, 15) is 18.0 Å². The average molecular weight is 452 g/mol. The van der Waals surface area contributed by atoms with E-state index < -0.39 is 15.9 Å². The molecule has 2 aliphatic rings. The predicted molar refractivity (Wildman–Crippen MR) is 117 cm³/mol. The van der Waals surface area contributed by atoms with E-state index in [4.69, 9.17) is 4.74 Å². The Kier molecular flexibility index (Phi) is 7.94. The molecule has 1 aromatic carbocycles. The summed E-state index contributed by atoms with van der Waals surface area (Å²) in [6, 6.07) is 6.48. The van der Waals surface area contributed by atoms with Gasteiger partial charge >= 0.3 is 0 Å². The van der Waals surface area contributed by atoms with Gasteiger partial charge in [-0.1, -0.05) is 19.3 Å². The summed E-state index contributed by atoms with van der Waals surface area (Å²) in [5.74, 6) is -0.244. The number of likely N-dealkylation sites (N-methyl/N-ethyl adjacent to an activating group) is 1. The SMILES string of the molecule is COc1ccc(S(=O)(=O)N2CCC[C@H](C(=O)NCC(=O)N(C)C3CCCCC3)C2)cc1. The Bertz CT molecular complexity index is 866. The van der Waals surface area contributed by atoms with E-state index in [2.05, 4.69) is 5.32 Å². The Labute approximate surface area is 185 Å². The van der Waals surface area contributed by atoms with Crippen LogP contribution in [0.2, 0.25) is 0 Å². The van der Waals surface area contributed by atoms with Crippen LogP contribution in [0, 0.1) is 5.92 Å². The van der Waals surface area contributed by atoms with Crippen LogP contribution in [0.15, 0.2) is 29.2 Å². The minimum Gasteiger partial charge on any atom is -0.497 e. The number of nitrogens with one attached hydrogen (secondary N) is 1. The lowest BCUT2D eigenvalue weighted by Crippen LogP contribution is -2.48. The molecule has 0 aromatic heterocycles. The van der Waals surface area contributed by atoms with Gasteiger partial charge in [0, 0.05) is 26.2 Å². The summed E-state index contributed by atoms with van der Waals surface area (Å²) in [7, 11) is -0.367. The lowest BCUT2D eigenvalue weighted by Gasteiger charge is -2.32. The van der Waals surface area contributed by atoms with Crippen LogP contribution in [0.3, 0.4) is 0 Å². The van der Waals surface area contributed by atoms with E-state index in [1.54, 1.807) is 24.1 Å². The van der Waals surface area contributed by atoms with Gasteiger partial charge in [-0.3, -0.25) is 9.59 Å². The van der Waals surface area contributed by atoms with Crippen molar-refractivity contribution in [2.45, 2.75) is 55.9 Å². The number of hydrogen-bond acceptors (Lipinski definition) is 5. The molecule has 1 heterocycles. The van der Waals surface area contributed by atoms with Crippen molar-refractivity contribution in [1.82, 2.24) is 14.5 Å². The van der Waals surface area contributed by atoms with Crippen LogP contribution in [-0.2, 0) is 19.6 Å². The molecule has 3 rings (SSSR count). The molecule has 1 aromatic rings. The van der Waals surface area contributed by atoms with E-state index in [-0.39, 0.29) is 35.8 Å². The van der Waals surface area contributed by atoms with Gasteiger partial charge in [0.05, 0.1) is 24.5 Å². The second-order valence-corrected chi connectivity index (χ2v) is 10.3. The average Bonchev–Trinajstić information content (AvgIpc) is 2.82. The van der Waals surface area contributed by atoms with Crippen molar-refractivity contribution < 1.29 is 22.7 Å². The molecule has 31 heavy (non-hydrogen) atoms.